The van der Waals surface area contributed by atoms with Crippen LogP contribution in [0.25, 0.3) is 11.3 Å². The topological polar surface area (TPSA) is 106 Å². The zero-order valence-corrected chi connectivity index (χ0v) is 15.1. The lowest BCUT2D eigenvalue weighted by molar-refractivity contribution is -0.0687. The Morgan fingerprint density at radius 3 is 2.81 bits per heavy atom. The molecule has 8 nitrogen and oxygen atoms in total. The summed E-state index contributed by atoms with van der Waals surface area (Å²) in [5.74, 6) is 0.959. The van der Waals surface area contributed by atoms with E-state index < -0.39 is 11.8 Å². The van der Waals surface area contributed by atoms with E-state index in [0.717, 1.165) is 0 Å². The third-order valence-electron chi connectivity index (χ3n) is 3.71. The number of ether oxygens (including phenoxy) is 4. The number of rotatable bonds is 6. The van der Waals surface area contributed by atoms with Crippen LogP contribution in [0.2, 0.25) is 0 Å². The summed E-state index contributed by atoms with van der Waals surface area (Å²) in [5, 5.41) is 9.76. The molecule has 1 aliphatic heterocycles. The molecule has 3 rings (SSSR count). The molecule has 0 aliphatic carbocycles. The Labute approximate surface area is 154 Å². The lowest BCUT2D eigenvalue weighted by Gasteiger charge is -2.15. The van der Waals surface area contributed by atoms with Gasteiger partial charge in [0.25, 0.3) is 5.56 Å². The minimum absolute atomic E-state index is 0.0543. The number of aromatic nitrogens is 2. The summed E-state index contributed by atoms with van der Waals surface area (Å²) in [7, 11) is 1.53. The van der Waals surface area contributed by atoms with Crippen LogP contribution in [0.3, 0.4) is 0 Å². The van der Waals surface area contributed by atoms with Gasteiger partial charge in [0, 0.05) is 5.56 Å². The van der Waals surface area contributed by atoms with Crippen LogP contribution in [-0.2, 0) is 9.47 Å². The van der Waals surface area contributed by atoms with Gasteiger partial charge in [-0.2, -0.15) is 5.26 Å². The van der Waals surface area contributed by atoms with Crippen LogP contribution in [0.4, 0.5) is 0 Å². The number of nitrogens with zero attached hydrogens (tertiary/aromatic N) is 2. The molecule has 0 spiro atoms. The highest BCUT2D eigenvalue weighted by atomic mass is 32.2. The summed E-state index contributed by atoms with van der Waals surface area (Å²) in [4.78, 5) is 19.0. The zero-order chi connectivity index (χ0) is 18.5. The zero-order valence-electron chi connectivity index (χ0n) is 14.3. The Hall–Kier alpha value is -2.54. The van der Waals surface area contributed by atoms with Crippen molar-refractivity contribution in [3.05, 3.63) is 34.1 Å². The van der Waals surface area contributed by atoms with Gasteiger partial charge in [-0.3, -0.25) is 4.79 Å². The second-order valence-electron chi connectivity index (χ2n) is 5.26. The number of nitrogens with one attached hydrogen (secondary N) is 1. The van der Waals surface area contributed by atoms with Gasteiger partial charge in [0.1, 0.15) is 18.2 Å². The Bertz CT molecular complexity index is 887. The van der Waals surface area contributed by atoms with Gasteiger partial charge in [0.05, 0.1) is 26.0 Å². The van der Waals surface area contributed by atoms with Crippen molar-refractivity contribution in [3.8, 4) is 28.8 Å². The van der Waals surface area contributed by atoms with Crippen LogP contribution in [0.1, 0.15) is 5.56 Å². The molecule has 26 heavy (non-hydrogen) atoms. The van der Waals surface area contributed by atoms with E-state index in [-0.39, 0.29) is 12.2 Å². The summed E-state index contributed by atoms with van der Waals surface area (Å²) < 4.78 is 21.8. The van der Waals surface area contributed by atoms with Crippen molar-refractivity contribution in [1.29, 1.82) is 5.26 Å². The van der Waals surface area contributed by atoms with E-state index in [0.29, 0.717) is 41.1 Å². The maximum Gasteiger partial charge on any atom is 0.270 e. The highest BCUT2D eigenvalue weighted by Crippen LogP contribution is 2.33. The van der Waals surface area contributed by atoms with Crippen LogP contribution < -0.4 is 15.0 Å². The normalized spacial score (nSPS) is 14.2. The molecule has 2 heterocycles. The molecule has 0 atom stereocenters. The van der Waals surface area contributed by atoms with Crippen molar-refractivity contribution in [2.45, 2.75) is 11.4 Å². The van der Waals surface area contributed by atoms with Crippen LogP contribution >= 0.6 is 11.8 Å². The Kier molecular flexibility index (Phi) is 5.78. The molecule has 0 radical (unpaired) electrons. The maximum absolute atomic E-state index is 12.1. The number of nitriles is 1. The van der Waals surface area contributed by atoms with Gasteiger partial charge in [0.15, 0.2) is 22.9 Å². The molecule has 0 saturated carbocycles. The van der Waals surface area contributed by atoms with E-state index >= 15 is 0 Å². The molecule has 1 fully saturated rings. The molecule has 1 aromatic carbocycles. The largest absolute Gasteiger partial charge is 0.493 e. The number of H-pyrrole nitrogens is 1. The number of benzene rings is 1. The average Bonchev–Trinajstić information content (AvgIpc) is 3.19. The summed E-state index contributed by atoms with van der Waals surface area (Å²) >= 11 is 1.28. The van der Waals surface area contributed by atoms with E-state index in [1.807, 2.05) is 6.07 Å². The molecule has 1 aromatic heterocycles. The molecule has 2 aromatic rings. The van der Waals surface area contributed by atoms with Crippen LogP contribution in [-0.4, -0.2) is 49.4 Å². The highest BCUT2D eigenvalue weighted by molar-refractivity contribution is 7.98. The first-order valence-corrected chi connectivity index (χ1v) is 9.01. The fourth-order valence-electron chi connectivity index (χ4n) is 2.46. The van der Waals surface area contributed by atoms with Crippen molar-refractivity contribution in [3.63, 3.8) is 0 Å². The van der Waals surface area contributed by atoms with Crippen molar-refractivity contribution in [2.24, 2.45) is 0 Å². The Morgan fingerprint density at radius 1 is 1.38 bits per heavy atom. The number of methoxy groups -OCH3 is 1. The minimum atomic E-state index is -0.479. The van der Waals surface area contributed by atoms with E-state index in [1.165, 1.54) is 18.9 Å². The van der Waals surface area contributed by atoms with Gasteiger partial charge in [-0.05, 0) is 24.5 Å². The van der Waals surface area contributed by atoms with Crippen LogP contribution in [0, 0.1) is 11.3 Å². The van der Waals surface area contributed by atoms with E-state index in [4.69, 9.17) is 18.9 Å². The predicted octanol–water partition coefficient (Wildman–Crippen LogP) is 1.79. The molecule has 136 valence electrons. The fraction of sp³-hybridized carbons (Fsp3) is 0.353. The molecular formula is C17H17N3O5S. The molecular weight excluding hydrogens is 358 g/mol. The van der Waals surface area contributed by atoms with Gasteiger partial charge in [-0.15, -0.1) is 0 Å². The van der Waals surface area contributed by atoms with Gasteiger partial charge < -0.3 is 23.9 Å². The minimum Gasteiger partial charge on any atom is -0.493 e. The van der Waals surface area contributed by atoms with E-state index in [2.05, 4.69) is 9.97 Å². The first-order chi connectivity index (χ1) is 12.7. The standard InChI is InChI=1S/C17H17N3O5S/c1-22-12-4-3-10(7-13(12)25-9-14-23-5-6-24-14)15-11(8-18)16(21)20-17(19-15)26-2/h3-4,7,14H,5-6,9H2,1-2H3,(H,19,20,21). The molecule has 1 N–H and O–H groups in total. The second kappa shape index (κ2) is 8.23. The van der Waals surface area contributed by atoms with Gasteiger partial charge in [-0.25, -0.2) is 4.98 Å². The second-order valence-corrected chi connectivity index (χ2v) is 6.05. The fourth-order valence-corrected chi connectivity index (χ4v) is 2.84. The number of hydrogen-bond acceptors (Lipinski definition) is 8. The third kappa shape index (κ3) is 3.83. The maximum atomic E-state index is 12.1. The van der Waals surface area contributed by atoms with Gasteiger partial charge in [-0.1, -0.05) is 11.8 Å². The summed E-state index contributed by atoms with van der Waals surface area (Å²) in [6, 6.07) is 7.01. The Morgan fingerprint density at radius 2 is 2.15 bits per heavy atom. The molecule has 1 aliphatic rings. The van der Waals surface area contributed by atoms with Gasteiger partial charge in [0.2, 0.25) is 0 Å². The molecule has 0 unspecified atom stereocenters. The van der Waals surface area contributed by atoms with E-state index in [9.17, 15) is 10.1 Å². The lowest BCUT2D eigenvalue weighted by Crippen LogP contribution is -2.18. The third-order valence-corrected chi connectivity index (χ3v) is 4.29. The SMILES string of the molecule is COc1ccc(-c2nc(SC)[nH]c(=O)c2C#N)cc1OCC1OCCO1. The number of hydrogen-bond donors (Lipinski definition) is 1. The molecule has 1 saturated heterocycles. The van der Waals surface area contributed by atoms with Crippen molar-refractivity contribution in [2.75, 3.05) is 33.2 Å². The molecule has 0 amide bonds. The summed E-state index contributed by atoms with van der Waals surface area (Å²) in [6.07, 6.45) is 1.36. The predicted molar refractivity (Wildman–Crippen MR) is 94.5 cm³/mol. The number of aromatic amines is 1. The molecule has 9 heteroatoms. The molecule has 0 bridgehead atoms. The Balaban J connectivity index is 1.98. The smallest absolute Gasteiger partial charge is 0.270 e. The summed E-state index contributed by atoms with van der Waals surface area (Å²) in [5.41, 5.74) is 0.336. The first kappa shape index (κ1) is 18.3. The van der Waals surface area contributed by atoms with Crippen molar-refractivity contribution in [1.82, 2.24) is 9.97 Å². The van der Waals surface area contributed by atoms with Crippen LogP contribution in [0.5, 0.6) is 11.5 Å². The van der Waals surface area contributed by atoms with Crippen molar-refractivity contribution >= 4 is 11.8 Å². The number of thioether (sulfide) groups is 1. The summed E-state index contributed by atoms with van der Waals surface area (Å²) in [6.45, 7) is 1.26. The van der Waals surface area contributed by atoms with Crippen LogP contribution in [0.15, 0.2) is 28.2 Å². The van der Waals surface area contributed by atoms with Gasteiger partial charge >= 0.3 is 0 Å². The lowest BCUT2D eigenvalue weighted by atomic mass is 10.1. The average molecular weight is 375 g/mol. The van der Waals surface area contributed by atoms with Crippen molar-refractivity contribution < 1.29 is 18.9 Å². The highest BCUT2D eigenvalue weighted by Gasteiger charge is 2.19. The quantitative estimate of drug-likeness (QED) is 0.602. The monoisotopic (exact) mass is 375 g/mol. The van der Waals surface area contributed by atoms with E-state index in [1.54, 1.807) is 24.5 Å². The first-order valence-electron chi connectivity index (χ1n) is 7.79.